The van der Waals surface area contributed by atoms with Gasteiger partial charge in [-0.1, -0.05) is 23.7 Å². The highest BCUT2D eigenvalue weighted by Crippen LogP contribution is 2.42. The van der Waals surface area contributed by atoms with E-state index in [4.69, 9.17) is 30.2 Å². The first-order valence-corrected chi connectivity index (χ1v) is 10.5. The number of hydrogen-bond donors (Lipinski definition) is 2. The normalized spacial score (nSPS) is 10.6. The Kier molecular flexibility index (Phi) is 6.60. The van der Waals surface area contributed by atoms with Gasteiger partial charge >= 0.3 is 6.03 Å². The van der Waals surface area contributed by atoms with Crippen LogP contribution in [0.15, 0.2) is 69.9 Å². The molecule has 0 unspecified atom stereocenters. The predicted octanol–water partition coefficient (Wildman–Crippen LogP) is 5.78. The standard InChI is InChI=1S/C25H21ClN2O6/c1-31-21-13-20-22(24(33-3)23(21)32-2)18(29)12-19(34-20)14-5-4-6-17(11-14)28-25(30)27-16-9-7-15(26)8-10-16/h4-13H,1-3H3,(H2,27,28,30). The Morgan fingerprint density at radius 3 is 2.24 bits per heavy atom. The van der Waals surface area contributed by atoms with E-state index in [1.54, 1.807) is 54.6 Å². The third-order valence-corrected chi connectivity index (χ3v) is 5.28. The van der Waals surface area contributed by atoms with Gasteiger partial charge in [-0.15, -0.1) is 0 Å². The average molecular weight is 481 g/mol. The molecule has 0 atom stereocenters. The summed E-state index contributed by atoms with van der Waals surface area (Å²) in [6, 6.07) is 16.2. The number of carbonyl (C=O) groups excluding carboxylic acids is 1. The van der Waals surface area contributed by atoms with Crippen LogP contribution >= 0.6 is 11.6 Å². The van der Waals surface area contributed by atoms with Crippen molar-refractivity contribution in [2.75, 3.05) is 32.0 Å². The van der Waals surface area contributed by atoms with E-state index < -0.39 is 6.03 Å². The van der Waals surface area contributed by atoms with Crippen molar-refractivity contribution in [3.8, 4) is 28.6 Å². The molecule has 4 rings (SSSR count). The van der Waals surface area contributed by atoms with Crippen molar-refractivity contribution < 1.29 is 23.4 Å². The van der Waals surface area contributed by atoms with Crippen molar-refractivity contribution in [3.63, 3.8) is 0 Å². The van der Waals surface area contributed by atoms with Gasteiger partial charge < -0.3 is 29.3 Å². The quantitative estimate of drug-likeness (QED) is 0.363. The van der Waals surface area contributed by atoms with Gasteiger partial charge in [-0.25, -0.2) is 4.79 Å². The molecule has 0 fully saturated rings. The van der Waals surface area contributed by atoms with E-state index >= 15 is 0 Å². The van der Waals surface area contributed by atoms with E-state index in [1.807, 2.05) is 0 Å². The van der Waals surface area contributed by atoms with Gasteiger partial charge in [0.15, 0.2) is 16.9 Å². The van der Waals surface area contributed by atoms with Crippen LogP contribution in [-0.4, -0.2) is 27.4 Å². The maximum absolute atomic E-state index is 13.0. The summed E-state index contributed by atoms with van der Waals surface area (Å²) in [7, 11) is 4.38. The maximum Gasteiger partial charge on any atom is 0.323 e. The summed E-state index contributed by atoms with van der Waals surface area (Å²) in [6.07, 6.45) is 0. The highest BCUT2D eigenvalue weighted by molar-refractivity contribution is 6.30. The van der Waals surface area contributed by atoms with Gasteiger partial charge in [0.25, 0.3) is 0 Å². The van der Waals surface area contributed by atoms with Gasteiger partial charge in [0.1, 0.15) is 16.7 Å². The Bertz CT molecular complexity index is 1420. The number of amides is 2. The molecular weight excluding hydrogens is 460 g/mol. The number of hydrogen-bond acceptors (Lipinski definition) is 6. The first kappa shape index (κ1) is 23.0. The molecule has 0 aliphatic rings. The molecule has 0 aliphatic carbocycles. The van der Waals surface area contributed by atoms with E-state index in [2.05, 4.69) is 10.6 Å². The topological polar surface area (TPSA) is 99.0 Å². The van der Waals surface area contributed by atoms with Crippen LogP contribution in [0, 0.1) is 0 Å². The van der Waals surface area contributed by atoms with Crippen LogP contribution in [0.25, 0.3) is 22.3 Å². The molecule has 0 saturated heterocycles. The largest absolute Gasteiger partial charge is 0.493 e. The minimum absolute atomic E-state index is 0.228. The summed E-state index contributed by atoms with van der Waals surface area (Å²) >= 11 is 5.87. The Balaban J connectivity index is 1.67. The molecule has 174 valence electrons. The Morgan fingerprint density at radius 1 is 0.853 bits per heavy atom. The zero-order valence-corrected chi connectivity index (χ0v) is 19.4. The fourth-order valence-corrected chi connectivity index (χ4v) is 3.63. The number of urea groups is 1. The van der Waals surface area contributed by atoms with Crippen molar-refractivity contribution in [2.45, 2.75) is 0 Å². The SMILES string of the molecule is COc1cc2oc(-c3cccc(NC(=O)Nc4ccc(Cl)cc4)c3)cc(=O)c2c(OC)c1OC. The summed E-state index contributed by atoms with van der Waals surface area (Å²) in [5.74, 6) is 1.21. The van der Waals surface area contributed by atoms with Gasteiger partial charge in [-0.05, 0) is 36.4 Å². The van der Waals surface area contributed by atoms with Crippen molar-refractivity contribution in [1.82, 2.24) is 0 Å². The summed E-state index contributed by atoms with van der Waals surface area (Å²) in [5.41, 5.74) is 1.66. The number of methoxy groups -OCH3 is 3. The van der Waals surface area contributed by atoms with Crippen molar-refractivity contribution >= 4 is 40.0 Å². The lowest BCUT2D eigenvalue weighted by Crippen LogP contribution is -2.19. The van der Waals surface area contributed by atoms with Gasteiger partial charge in [-0.2, -0.15) is 0 Å². The molecule has 0 aliphatic heterocycles. The van der Waals surface area contributed by atoms with Gasteiger partial charge in [0.2, 0.25) is 5.75 Å². The van der Waals surface area contributed by atoms with E-state index in [0.717, 1.165) is 0 Å². The third-order valence-electron chi connectivity index (χ3n) is 5.03. The minimum atomic E-state index is -0.430. The predicted molar refractivity (Wildman–Crippen MR) is 132 cm³/mol. The van der Waals surface area contributed by atoms with Crippen LogP contribution in [0.5, 0.6) is 17.2 Å². The van der Waals surface area contributed by atoms with Crippen molar-refractivity contribution in [1.29, 1.82) is 0 Å². The molecule has 3 aromatic carbocycles. The molecule has 0 spiro atoms. The molecule has 2 amide bonds. The van der Waals surface area contributed by atoms with Crippen LogP contribution < -0.4 is 30.3 Å². The number of halogens is 1. The van der Waals surface area contributed by atoms with Crippen LogP contribution in [-0.2, 0) is 0 Å². The Hall–Kier alpha value is -4.17. The Labute approximate surface area is 200 Å². The van der Waals surface area contributed by atoms with Crippen LogP contribution in [0.1, 0.15) is 0 Å². The molecule has 0 radical (unpaired) electrons. The Morgan fingerprint density at radius 2 is 1.56 bits per heavy atom. The number of rotatable bonds is 6. The number of carbonyl (C=O) groups is 1. The molecule has 4 aromatic rings. The van der Waals surface area contributed by atoms with Crippen LogP contribution in [0.2, 0.25) is 5.02 Å². The smallest absolute Gasteiger partial charge is 0.323 e. The number of benzene rings is 3. The first-order chi connectivity index (χ1) is 16.4. The second kappa shape index (κ2) is 9.76. The van der Waals surface area contributed by atoms with E-state index in [-0.39, 0.29) is 22.1 Å². The monoisotopic (exact) mass is 480 g/mol. The first-order valence-electron chi connectivity index (χ1n) is 10.1. The third kappa shape index (κ3) is 4.62. The molecular formula is C25H21ClN2O6. The summed E-state index contributed by atoms with van der Waals surface area (Å²) in [6.45, 7) is 0. The molecule has 1 aromatic heterocycles. The lowest BCUT2D eigenvalue weighted by molar-refractivity contribution is 0.262. The number of fused-ring (bicyclic) bond motifs is 1. The lowest BCUT2D eigenvalue weighted by Gasteiger charge is -2.14. The van der Waals surface area contributed by atoms with Crippen molar-refractivity contribution in [3.05, 3.63) is 75.9 Å². The average Bonchev–Trinajstić information content (AvgIpc) is 2.84. The second-order valence-electron chi connectivity index (χ2n) is 7.16. The highest BCUT2D eigenvalue weighted by atomic mass is 35.5. The number of nitrogens with one attached hydrogen (secondary N) is 2. The van der Waals surface area contributed by atoms with E-state index in [1.165, 1.54) is 27.4 Å². The molecule has 0 saturated carbocycles. The van der Waals surface area contributed by atoms with E-state index in [0.29, 0.717) is 39.2 Å². The molecule has 8 nitrogen and oxygen atoms in total. The van der Waals surface area contributed by atoms with Crippen molar-refractivity contribution in [2.24, 2.45) is 0 Å². The van der Waals surface area contributed by atoms with Gasteiger partial charge in [0, 0.05) is 34.1 Å². The molecule has 1 heterocycles. The van der Waals surface area contributed by atoms with E-state index in [9.17, 15) is 9.59 Å². The maximum atomic E-state index is 13.0. The molecule has 2 N–H and O–H groups in total. The lowest BCUT2D eigenvalue weighted by atomic mass is 10.1. The second-order valence-corrected chi connectivity index (χ2v) is 7.60. The van der Waals surface area contributed by atoms with Gasteiger partial charge in [0.05, 0.1) is 21.3 Å². The van der Waals surface area contributed by atoms with Gasteiger partial charge in [-0.3, -0.25) is 4.79 Å². The number of anilines is 2. The molecule has 9 heteroatoms. The zero-order chi connectivity index (χ0) is 24.2. The minimum Gasteiger partial charge on any atom is -0.493 e. The highest BCUT2D eigenvalue weighted by Gasteiger charge is 2.21. The summed E-state index contributed by atoms with van der Waals surface area (Å²) in [4.78, 5) is 25.4. The molecule has 34 heavy (non-hydrogen) atoms. The van der Waals surface area contributed by atoms with Crippen LogP contribution in [0.4, 0.5) is 16.2 Å². The fraction of sp³-hybridized carbons (Fsp3) is 0.120. The van der Waals surface area contributed by atoms with Crippen LogP contribution in [0.3, 0.4) is 0 Å². The zero-order valence-electron chi connectivity index (χ0n) is 18.6. The molecule has 0 bridgehead atoms. The summed E-state index contributed by atoms with van der Waals surface area (Å²) < 4.78 is 22.1. The summed E-state index contributed by atoms with van der Waals surface area (Å²) in [5, 5.41) is 6.29. The fourth-order valence-electron chi connectivity index (χ4n) is 3.51. The number of ether oxygens (including phenoxy) is 3.